The Morgan fingerprint density at radius 1 is 1.00 bits per heavy atom. The Kier molecular flexibility index (Phi) is 6.31. The maximum atomic E-state index is 13.6. The van der Waals surface area contributed by atoms with Crippen molar-refractivity contribution in [3.8, 4) is 5.75 Å². The van der Waals surface area contributed by atoms with E-state index in [1.165, 1.54) is 13.2 Å². The van der Waals surface area contributed by atoms with Gasteiger partial charge in [0, 0.05) is 4.90 Å². The number of carbonyl (C=O) groups is 1. The van der Waals surface area contributed by atoms with E-state index in [0.717, 1.165) is 35.0 Å². The molecule has 0 saturated carbocycles. The number of rotatable bonds is 6. The van der Waals surface area contributed by atoms with Crippen molar-refractivity contribution in [1.29, 1.82) is 0 Å². The van der Waals surface area contributed by atoms with Crippen LogP contribution in [0.4, 0.5) is 14.5 Å². The minimum absolute atomic E-state index is 0.287. The van der Waals surface area contributed by atoms with Crippen LogP contribution in [0.5, 0.6) is 5.75 Å². The van der Waals surface area contributed by atoms with Gasteiger partial charge in [0.25, 0.3) is 0 Å². The molecule has 0 saturated heterocycles. The molecule has 1 amide bonds. The van der Waals surface area contributed by atoms with Crippen LogP contribution in [0.25, 0.3) is 0 Å². The van der Waals surface area contributed by atoms with Crippen LogP contribution in [-0.4, -0.2) is 13.0 Å². The summed E-state index contributed by atoms with van der Waals surface area (Å²) in [7, 11) is 1.53. The second-order valence-electron chi connectivity index (χ2n) is 6.18. The molecule has 3 nitrogen and oxygen atoms in total. The minimum Gasteiger partial charge on any atom is -0.495 e. The van der Waals surface area contributed by atoms with Crippen molar-refractivity contribution in [2.75, 3.05) is 12.4 Å². The van der Waals surface area contributed by atoms with Crippen LogP contribution in [0.15, 0.2) is 71.6 Å². The SMILES string of the molecule is COc1ccc(C)cc1NC(=O)[C@@H](Sc1ccc(F)c(F)c1)c1ccccc1. The molecular weight excluding hydrogens is 380 g/mol. The van der Waals surface area contributed by atoms with Crippen LogP contribution in [0.2, 0.25) is 0 Å². The molecule has 0 heterocycles. The number of aryl methyl sites for hydroxylation is 1. The van der Waals surface area contributed by atoms with Gasteiger partial charge in [-0.05, 0) is 48.4 Å². The normalized spacial score (nSPS) is 11.7. The number of halogens is 2. The Bertz CT molecular complexity index is 980. The number of nitrogens with one attached hydrogen (secondary N) is 1. The highest BCUT2D eigenvalue weighted by Crippen LogP contribution is 2.37. The average Bonchev–Trinajstić information content (AvgIpc) is 2.69. The molecule has 0 unspecified atom stereocenters. The van der Waals surface area contributed by atoms with Gasteiger partial charge in [-0.15, -0.1) is 11.8 Å². The van der Waals surface area contributed by atoms with Crippen molar-refractivity contribution in [1.82, 2.24) is 0 Å². The summed E-state index contributed by atoms with van der Waals surface area (Å²) in [6.07, 6.45) is 0. The lowest BCUT2D eigenvalue weighted by Gasteiger charge is -2.18. The zero-order valence-corrected chi connectivity index (χ0v) is 16.2. The number of anilines is 1. The van der Waals surface area contributed by atoms with Crippen LogP contribution < -0.4 is 10.1 Å². The second-order valence-corrected chi connectivity index (χ2v) is 7.36. The quantitative estimate of drug-likeness (QED) is 0.536. The summed E-state index contributed by atoms with van der Waals surface area (Å²) in [5, 5.41) is 2.24. The Hall–Kier alpha value is -2.86. The highest BCUT2D eigenvalue weighted by Gasteiger charge is 2.23. The van der Waals surface area contributed by atoms with E-state index in [1.807, 2.05) is 49.4 Å². The van der Waals surface area contributed by atoms with Gasteiger partial charge < -0.3 is 10.1 Å². The molecule has 3 aromatic carbocycles. The first-order valence-corrected chi connectivity index (χ1v) is 9.48. The molecule has 0 fully saturated rings. The lowest BCUT2D eigenvalue weighted by atomic mass is 10.1. The molecule has 144 valence electrons. The molecular formula is C22H19F2NO2S. The van der Waals surface area contributed by atoms with Crippen molar-refractivity contribution >= 4 is 23.4 Å². The van der Waals surface area contributed by atoms with Gasteiger partial charge in [-0.25, -0.2) is 8.78 Å². The fourth-order valence-corrected chi connectivity index (χ4v) is 3.75. The number of hydrogen-bond donors (Lipinski definition) is 1. The molecule has 0 radical (unpaired) electrons. The summed E-state index contributed by atoms with van der Waals surface area (Å²) in [6.45, 7) is 1.92. The standard InChI is InChI=1S/C22H19F2NO2S/c1-14-8-11-20(27-2)19(12-14)25-22(26)21(15-6-4-3-5-7-15)28-16-9-10-17(23)18(24)13-16/h3-13,21H,1-2H3,(H,25,26)/t21-/m0/s1. The van der Waals surface area contributed by atoms with Crippen LogP contribution in [0.3, 0.4) is 0 Å². The molecule has 1 N–H and O–H groups in total. The fraction of sp³-hybridized carbons (Fsp3) is 0.136. The van der Waals surface area contributed by atoms with Gasteiger partial charge in [0.2, 0.25) is 5.91 Å². The van der Waals surface area contributed by atoms with Crippen LogP contribution in [0.1, 0.15) is 16.4 Å². The van der Waals surface area contributed by atoms with Gasteiger partial charge in [-0.3, -0.25) is 4.79 Å². The fourth-order valence-electron chi connectivity index (χ4n) is 2.70. The number of benzene rings is 3. The minimum atomic E-state index is -0.947. The van der Waals surface area contributed by atoms with Crippen molar-refractivity contribution in [3.63, 3.8) is 0 Å². The molecule has 0 aliphatic heterocycles. The van der Waals surface area contributed by atoms with Crippen molar-refractivity contribution in [3.05, 3.63) is 89.5 Å². The molecule has 3 rings (SSSR count). The highest BCUT2D eigenvalue weighted by atomic mass is 32.2. The summed E-state index contributed by atoms with van der Waals surface area (Å²) in [5.41, 5.74) is 2.28. The number of hydrogen-bond acceptors (Lipinski definition) is 3. The van der Waals surface area contributed by atoms with E-state index < -0.39 is 16.9 Å². The lowest BCUT2D eigenvalue weighted by molar-refractivity contribution is -0.115. The number of thioether (sulfide) groups is 1. The van der Waals surface area contributed by atoms with Gasteiger partial charge in [0.05, 0.1) is 12.8 Å². The Balaban J connectivity index is 1.91. The van der Waals surface area contributed by atoms with Crippen LogP contribution in [-0.2, 0) is 4.79 Å². The first kappa shape index (κ1) is 19.9. The molecule has 0 bridgehead atoms. The number of amides is 1. The van der Waals surface area contributed by atoms with E-state index in [4.69, 9.17) is 4.74 Å². The first-order chi connectivity index (χ1) is 13.5. The lowest BCUT2D eigenvalue weighted by Crippen LogP contribution is -2.19. The topological polar surface area (TPSA) is 38.3 Å². The predicted molar refractivity (Wildman–Crippen MR) is 108 cm³/mol. The highest BCUT2D eigenvalue weighted by molar-refractivity contribution is 8.00. The molecule has 28 heavy (non-hydrogen) atoms. The summed E-state index contributed by atoms with van der Waals surface area (Å²) >= 11 is 1.15. The molecule has 1 atom stereocenters. The Labute approximate surface area is 166 Å². The zero-order valence-electron chi connectivity index (χ0n) is 15.4. The summed E-state index contributed by atoms with van der Waals surface area (Å²) in [4.78, 5) is 13.6. The summed E-state index contributed by atoms with van der Waals surface area (Å²) in [6, 6.07) is 18.3. The maximum absolute atomic E-state index is 13.6. The van der Waals surface area contributed by atoms with E-state index in [9.17, 15) is 13.6 Å². The Morgan fingerprint density at radius 3 is 2.43 bits per heavy atom. The predicted octanol–water partition coefficient (Wildman–Crippen LogP) is 5.75. The molecule has 0 aliphatic carbocycles. The summed E-state index contributed by atoms with van der Waals surface area (Å²) in [5.74, 6) is -1.61. The average molecular weight is 399 g/mol. The third kappa shape index (κ3) is 4.70. The van der Waals surface area contributed by atoms with Crippen molar-refractivity contribution < 1.29 is 18.3 Å². The first-order valence-electron chi connectivity index (χ1n) is 8.60. The van der Waals surface area contributed by atoms with Gasteiger partial charge in [0.1, 0.15) is 11.0 Å². The van der Waals surface area contributed by atoms with E-state index >= 15 is 0 Å². The second kappa shape index (κ2) is 8.89. The van der Waals surface area contributed by atoms with Crippen molar-refractivity contribution in [2.45, 2.75) is 17.1 Å². The smallest absolute Gasteiger partial charge is 0.242 e. The van der Waals surface area contributed by atoms with Gasteiger partial charge in [0.15, 0.2) is 11.6 Å². The third-order valence-corrected chi connectivity index (χ3v) is 5.35. The van der Waals surface area contributed by atoms with Gasteiger partial charge in [-0.1, -0.05) is 36.4 Å². The van der Waals surface area contributed by atoms with E-state index in [1.54, 1.807) is 6.07 Å². The maximum Gasteiger partial charge on any atom is 0.242 e. The van der Waals surface area contributed by atoms with E-state index in [2.05, 4.69) is 5.32 Å². The molecule has 0 aliphatic rings. The van der Waals surface area contributed by atoms with Crippen LogP contribution in [0, 0.1) is 18.6 Å². The monoisotopic (exact) mass is 399 g/mol. The largest absolute Gasteiger partial charge is 0.495 e. The van der Waals surface area contributed by atoms with E-state index in [0.29, 0.717) is 16.3 Å². The van der Waals surface area contributed by atoms with Gasteiger partial charge >= 0.3 is 0 Å². The molecule has 3 aromatic rings. The van der Waals surface area contributed by atoms with Crippen molar-refractivity contribution in [2.24, 2.45) is 0 Å². The number of carbonyl (C=O) groups excluding carboxylic acids is 1. The van der Waals surface area contributed by atoms with Gasteiger partial charge in [-0.2, -0.15) is 0 Å². The summed E-state index contributed by atoms with van der Waals surface area (Å²) < 4.78 is 32.2. The van der Waals surface area contributed by atoms with Crippen LogP contribution >= 0.6 is 11.8 Å². The zero-order chi connectivity index (χ0) is 20.1. The van der Waals surface area contributed by atoms with E-state index in [-0.39, 0.29) is 5.91 Å². The number of methoxy groups -OCH3 is 1. The molecule has 6 heteroatoms. The molecule has 0 spiro atoms. The molecule has 0 aromatic heterocycles. The number of ether oxygens (including phenoxy) is 1. The third-order valence-electron chi connectivity index (χ3n) is 4.10. The Morgan fingerprint density at radius 2 is 1.75 bits per heavy atom.